The number of likely N-dealkylation sites (N-methyl/N-ethyl adjacent to an activating group) is 1. The van der Waals surface area contributed by atoms with Crippen molar-refractivity contribution >= 4 is 17.4 Å². The molecule has 0 spiro atoms. The molecular weight excluding hydrogens is 274 g/mol. The first-order valence-electron chi connectivity index (χ1n) is 6.87. The number of nitrogens with one attached hydrogen (secondary N) is 1. The summed E-state index contributed by atoms with van der Waals surface area (Å²) in [4.78, 5) is 22.1. The van der Waals surface area contributed by atoms with Crippen LogP contribution in [-0.2, 0) is 9.53 Å². The number of nitrogens with zero attached hydrogens (tertiary/aromatic N) is 3. The van der Waals surface area contributed by atoms with Crippen LogP contribution in [0.1, 0.15) is 13.8 Å². The Morgan fingerprint density at radius 1 is 1.57 bits per heavy atom. The lowest BCUT2D eigenvalue weighted by atomic mass is 10.2. The highest BCUT2D eigenvalue weighted by Gasteiger charge is 2.31. The lowest BCUT2D eigenvalue weighted by Crippen LogP contribution is -2.53. The van der Waals surface area contributed by atoms with Gasteiger partial charge in [0.1, 0.15) is 18.1 Å². The van der Waals surface area contributed by atoms with Gasteiger partial charge in [-0.25, -0.2) is 4.98 Å². The van der Waals surface area contributed by atoms with Crippen LogP contribution < -0.4 is 20.7 Å². The molecule has 1 amide bonds. The van der Waals surface area contributed by atoms with Crippen LogP contribution in [0.15, 0.2) is 6.33 Å². The van der Waals surface area contributed by atoms with Crippen molar-refractivity contribution in [3.8, 4) is 5.88 Å². The maximum Gasteiger partial charge on any atom is 0.244 e. The summed E-state index contributed by atoms with van der Waals surface area (Å²) in [6.45, 7) is 5.12. The number of anilines is 2. The number of carbonyl (C=O) groups excluding carboxylic acids is 1. The molecule has 8 heteroatoms. The van der Waals surface area contributed by atoms with E-state index in [9.17, 15) is 4.79 Å². The molecule has 1 atom stereocenters. The van der Waals surface area contributed by atoms with E-state index in [-0.39, 0.29) is 12.0 Å². The van der Waals surface area contributed by atoms with Gasteiger partial charge in [0.2, 0.25) is 11.8 Å². The number of amides is 1. The van der Waals surface area contributed by atoms with Crippen LogP contribution >= 0.6 is 0 Å². The molecule has 1 unspecified atom stereocenters. The fourth-order valence-corrected chi connectivity index (χ4v) is 2.16. The maximum atomic E-state index is 12.0. The van der Waals surface area contributed by atoms with Crippen molar-refractivity contribution in [2.24, 2.45) is 0 Å². The van der Waals surface area contributed by atoms with Crippen molar-refractivity contribution in [3.63, 3.8) is 0 Å². The minimum absolute atomic E-state index is 0.0468. The standard InChI is InChI=1S/C13H21N5O3/c1-8(2)21-13-10(14)11(16-7-17-13)18-4-5-20-6-9(18)12(19)15-3/h7-9H,4-6,14H2,1-3H3,(H,15,19). The molecule has 21 heavy (non-hydrogen) atoms. The zero-order chi connectivity index (χ0) is 15.4. The molecule has 0 aromatic carbocycles. The van der Waals surface area contributed by atoms with Crippen molar-refractivity contribution < 1.29 is 14.3 Å². The SMILES string of the molecule is CNC(=O)C1COCCN1c1ncnc(OC(C)C)c1N. The number of nitrogen functional groups attached to an aromatic ring is 1. The van der Waals surface area contributed by atoms with E-state index in [0.29, 0.717) is 37.1 Å². The van der Waals surface area contributed by atoms with Crippen molar-refractivity contribution in [2.45, 2.75) is 26.0 Å². The van der Waals surface area contributed by atoms with E-state index in [4.69, 9.17) is 15.2 Å². The van der Waals surface area contributed by atoms with E-state index < -0.39 is 6.04 Å². The van der Waals surface area contributed by atoms with Crippen LogP contribution in [-0.4, -0.2) is 54.8 Å². The summed E-state index contributed by atoms with van der Waals surface area (Å²) in [5.41, 5.74) is 6.44. The Morgan fingerprint density at radius 3 is 3.00 bits per heavy atom. The summed E-state index contributed by atoms with van der Waals surface area (Å²) in [5, 5.41) is 2.62. The van der Waals surface area contributed by atoms with Gasteiger partial charge in [-0.3, -0.25) is 4.79 Å². The van der Waals surface area contributed by atoms with Gasteiger partial charge >= 0.3 is 0 Å². The van der Waals surface area contributed by atoms with E-state index in [1.54, 1.807) is 7.05 Å². The fraction of sp³-hybridized carbons (Fsp3) is 0.615. The molecule has 8 nitrogen and oxygen atoms in total. The van der Waals surface area contributed by atoms with Crippen molar-refractivity contribution in [1.82, 2.24) is 15.3 Å². The Bertz CT molecular complexity index is 509. The fourth-order valence-electron chi connectivity index (χ4n) is 2.16. The van der Waals surface area contributed by atoms with Crippen LogP contribution in [0, 0.1) is 0 Å². The van der Waals surface area contributed by atoms with Gasteiger partial charge < -0.3 is 25.4 Å². The Balaban J connectivity index is 2.32. The number of rotatable bonds is 4. The normalized spacial score (nSPS) is 18.7. The molecule has 1 aliphatic rings. The predicted molar refractivity (Wildman–Crippen MR) is 78.2 cm³/mol. The largest absolute Gasteiger partial charge is 0.473 e. The second-order valence-electron chi connectivity index (χ2n) is 4.98. The Kier molecular flexibility index (Phi) is 4.79. The molecule has 2 rings (SSSR count). The first kappa shape index (κ1) is 15.3. The highest BCUT2D eigenvalue weighted by Crippen LogP contribution is 2.30. The van der Waals surface area contributed by atoms with E-state index >= 15 is 0 Å². The molecular formula is C13H21N5O3. The second-order valence-corrected chi connectivity index (χ2v) is 4.98. The smallest absolute Gasteiger partial charge is 0.244 e. The van der Waals surface area contributed by atoms with Gasteiger partial charge in [0.15, 0.2) is 5.82 Å². The summed E-state index contributed by atoms with van der Waals surface area (Å²) < 4.78 is 10.9. The Hall–Kier alpha value is -2.09. The van der Waals surface area contributed by atoms with Gasteiger partial charge in [-0.2, -0.15) is 4.98 Å². The molecule has 1 saturated heterocycles. The number of morpholine rings is 1. The second kappa shape index (κ2) is 6.57. The monoisotopic (exact) mass is 295 g/mol. The van der Waals surface area contributed by atoms with Gasteiger partial charge in [0.05, 0.1) is 19.3 Å². The van der Waals surface area contributed by atoms with Crippen molar-refractivity contribution in [3.05, 3.63) is 6.33 Å². The lowest BCUT2D eigenvalue weighted by molar-refractivity contribution is -0.124. The van der Waals surface area contributed by atoms with Crippen molar-refractivity contribution in [1.29, 1.82) is 0 Å². The topological polar surface area (TPSA) is 103 Å². The van der Waals surface area contributed by atoms with E-state index in [0.717, 1.165) is 0 Å². The molecule has 0 bridgehead atoms. The molecule has 1 aliphatic heterocycles. The number of hydrogen-bond donors (Lipinski definition) is 2. The lowest BCUT2D eigenvalue weighted by Gasteiger charge is -2.35. The quantitative estimate of drug-likeness (QED) is 0.792. The van der Waals surface area contributed by atoms with Gasteiger partial charge in [0.25, 0.3) is 0 Å². The summed E-state index contributed by atoms with van der Waals surface area (Å²) in [7, 11) is 1.59. The van der Waals surface area contributed by atoms with E-state index in [2.05, 4.69) is 15.3 Å². The third-order valence-corrected chi connectivity index (χ3v) is 3.12. The van der Waals surface area contributed by atoms with Crippen LogP contribution in [0.3, 0.4) is 0 Å². The average molecular weight is 295 g/mol. The third-order valence-electron chi connectivity index (χ3n) is 3.12. The molecule has 2 heterocycles. The van der Waals surface area contributed by atoms with Gasteiger partial charge in [-0.1, -0.05) is 0 Å². The minimum Gasteiger partial charge on any atom is -0.473 e. The maximum absolute atomic E-state index is 12.0. The average Bonchev–Trinajstić information content (AvgIpc) is 2.48. The first-order valence-corrected chi connectivity index (χ1v) is 6.87. The zero-order valence-corrected chi connectivity index (χ0v) is 12.5. The highest BCUT2D eigenvalue weighted by molar-refractivity contribution is 5.86. The summed E-state index contributed by atoms with van der Waals surface area (Å²) in [6, 6.07) is -0.465. The number of aromatic nitrogens is 2. The molecule has 0 radical (unpaired) electrons. The third kappa shape index (κ3) is 3.33. The molecule has 3 N–H and O–H groups in total. The van der Waals surface area contributed by atoms with Crippen LogP contribution in [0.4, 0.5) is 11.5 Å². The predicted octanol–water partition coefficient (Wildman–Crippen LogP) is -0.203. The zero-order valence-electron chi connectivity index (χ0n) is 12.5. The summed E-state index contributed by atoms with van der Waals surface area (Å²) >= 11 is 0. The van der Waals surface area contributed by atoms with Gasteiger partial charge in [0, 0.05) is 13.6 Å². The molecule has 116 valence electrons. The van der Waals surface area contributed by atoms with Gasteiger partial charge in [-0.15, -0.1) is 0 Å². The van der Waals surface area contributed by atoms with Crippen LogP contribution in [0.2, 0.25) is 0 Å². The van der Waals surface area contributed by atoms with E-state index in [1.807, 2.05) is 18.7 Å². The minimum atomic E-state index is -0.465. The number of hydrogen-bond acceptors (Lipinski definition) is 7. The Labute approximate surface area is 123 Å². The van der Waals surface area contributed by atoms with Crippen molar-refractivity contribution in [2.75, 3.05) is 37.4 Å². The molecule has 1 fully saturated rings. The summed E-state index contributed by atoms with van der Waals surface area (Å²) in [6.07, 6.45) is 1.34. The highest BCUT2D eigenvalue weighted by atomic mass is 16.5. The number of carbonyl (C=O) groups is 1. The first-order chi connectivity index (χ1) is 10.0. The molecule has 1 aromatic rings. The van der Waals surface area contributed by atoms with E-state index in [1.165, 1.54) is 6.33 Å². The van der Waals surface area contributed by atoms with Crippen LogP contribution in [0.25, 0.3) is 0 Å². The number of ether oxygens (including phenoxy) is 2. The Morgan fingerprint density at radius 2 is 2.33 bits per heavy atom. The molecule has 0 aliphatic carbocycles. The molecule has 1 aromatic heterocycles. The summed E-state index contributed by atoms with van der Waals surface area (Å²) in [5.74, 6) is 0.689. The van der Waals surface area contributed by atoms with Gasteiger partial charge in [-0.05, 0) is 13.8 Å². The number of nitrogens with two attached hydrogens (primary N) is 1. The molecule has 0 saturated carbocycles. The van der Waals surface area contributed by atoms with Crippen LogP contribution in [0.5, 0.6) is 5.88 Å².